The van der Waals surface area contributed by atoms with Crippen molar-refractivity contribution in [3.8, 4) is 0 Å². The Balaban J connectivity index is 2.21. The van der Waals surface area contributed by atoms with Gasteiger partial charge in [0.15, 0.2) is 0 Å². The van der Waals surface area contributed by atoms with Gasteiger partial charge in [0.05, 0.1) is 6.54 Å². The van der Waals surface area contributed by atoms with Crippen LogP contribution in [0.2, 0.25) is 0 Å². The monoisotopic (exact) mass is 178 g/mol. The quantitative estimate of drug-likeness (QED) is 0.678. The molecule has 0 bridgehead atoms. The molecule has 1 aliphatic rings. The highest BCUT2D eigenvalue weighted by molar-refractivity contribution is 4.95. The zero-order chi connectivity index (χ0) is 9.19. The van der Waals surface area contributed by atoms with E-state index in [9.17, 15) is 8.78 Å². The standard InChI is InChI=1S/C8H16F2N2/c1-12(4-7(9)10)6-8(5-11)2-3-8/h7H,2-6,11H2,1H3. The lowest BCUT2D eigenvalue weighted by atomic mass is 10.1. The predicted molar refractivity (Wildman–Crippen MR) is 44.2 cm³/mol. The van der Waals surface area contributed by atoms with Gasteiger partial charge >= 0.3 is 0 Å². The van der Waals surface area contributed by atoms with Crippen molar-refractivity contribution in [3.63, 3.8) is 0 Å². The number of hydrogen-bond donors (Lipinski definition) is 1. The summed E-state index contributed by atoms with van der Waals surface area (Å²) in [6.07, 6.45) is -0.0442. The van der Waals surface area contributed by atoms with Gasteiger partial charge in [0.2, 0.25) is 0 Å². The third kappa shape index (κ3) is 2.68. The highest BCUT2D eigenvalue weighted by Crippen LogP contribution is 2.44. The minimum atomic E-state index is -2.23. The molecular weight excluding hydrogens is 162 g/mol. The van der Waals surface area contributed by atoms with Gasteiger partial charge < -0.3 is 10.6 Å². The zero-order valence-electron chi connectivity index (χ0n) is 7.39. The fourth-order valence-electron chi connectivity index (χ4n) is 1.48. The van der Waals surface area contributed by atoms with Gasteiger partial charge in [-0.05, 0) is 31.8 Å². The molecular formula is C8H16F2N2. The molecule has 0 aromatic carbocycles. The van der Waals surface area contributed by atoms with Crippen LogP contribution in [0.15, 0.2) is 0 Å². The van der Waals surface area contributed by atoms with E-state index in [0.717, 1.165) is 12.8 Å². The minimum Gasteiger partial charge on any atom is -0.330 e. The lowest BCUT2D eigenvalue weighted by molar-refractivity contribution is 0.0916. The Kier molecular flexibility index (Phi) is 3.01. The van der Waals surface area contributed by atoms with Gasteiger partial charge in [-0.25, -0.2) is 8.78 Å². The van der Waals surface area contributed by atoms with Crippen LogP contribution < -0.4 is 5.73 Å². The van der Waals surface area contributed by atoms with Crippen LogP contribution in [0.25, 0.3) is 0 Å². The summed E-state index contributed by atoms with van der Waals surface area (Å²) < 4.78 is 23.8. The van der Waals surface area contributed by atoms with Crippen LogP contribution in [-0.4, -0.2) is 38.0 Å². The Hall–Kier alpha value is -0.220. The topological polar surface area (TPSA) is 29.3 Å². The SMILES string of the molecule is CN(CC(F)F)CC1(CN)CC1. The summed E-state index contributed by atoms with van der Waals surface area (Å²) >= 11 is 0. The summed E-state index contributed by atoms with van der Waals surface area (Å²) in [5.41, 5.74) is 5.70. The molecule has 0 amide bonds. The van der Waals surface area contributed by atoms with Crippen LogP contribution in [0.3, 0.4) is 0 Å². The molecule has 0 aromatic heterocycles. The Bertz CT molecular complexity index is 146. The van der Waals surface area contributed by atoms with Gasteiger partial charge in [-0.2, -0.15) is 0 Å². The average Bonchev–Trinajstić information content (AvgIpc) is 2.67. The van der Waals surface area contributed by atoms with Crippen molar-refractivity contribution in [1.29, 1.82) is 0 Å². The van der Waals surface area contributed by atoms with E-state index in [1.54, 1.807) is 11.9 Å². The van der Waals surface area contributed by atoms with Gasteiger partial charge in [0.25, 0.3) is 6.43 Å². The second-order valence-corrected chi connectivity index (χ2v) is 3.79. The van der Waals surface area contributed by atoms with Gasteiger partial charge in [-0.1, -0.05) is 0 Å². The first-order chi connectivity index (χ1) is 5.58. The summed E-state index contributed by atoms with van der Waals surface area (Å²) in [5, 5.41) is 0. The number of nitrogens with zero attached hydrogens (tertiary/aromatic N) is 1. The number of halogens is 2. The number of alkyl halides is 2. The second-order valence-electron chi connectivity index (χ2n) is 3.79. The van der Waals surface area contributed by atoms with Crippen molar-refractivity contribution in [1.82, 2.24) is 4.90 Å². The van der Waals surface area contributed by atoms with Crippen LogP contribution in [0.4, 0.5) is 8.78 Å². The fraction of sp³-hybridized carbons (Fsp3) is 1.00. The zero-order valence-corrected chi connectivity index (χ0v) is 7.39. The molecule has 0 unspecified atom stereocenters. The largest absolute Gasteiger partial charge is 0.330 e. The maximum absolute atomic E-state index is 11.9. The lowest BCUT2D eigenvalue weighted by Gasteiger charge is -2.21. The van der Waals surface area contributed by atoms with Crippen LogP contribution >= 0.6 is 0 Å². The summed E-state index contributed by atoms with van der Waals surface area (Å²) in [4.78, 5) is 1.67. The molecule has 0 saturated heterocycles. The highest BCUT2D eigenvalue weighted by Gasteiger charge is 2.41. The first-order valence-corrected chi connectivity index (χ1v) is 4.25. The fourth-order valence-corrected chi connectivity index (χ4v) is 1.48. The Morgan fingerprint density at radius 2 is 2.08 bits per heavy atom. The van der Waals surface area contributed by atoms with E-state index in [2.05, 4.69) is 0 Å². The molecule has 0 radical (unpaired) electrons. The normalized spacial score (nSPS) is 20.5. The van der Waals surface area contributed by atoms with Gasteiger partial charge in [0.1, 0.15) is 0 Å². The molecule has 72 valence electrons. The molecule has 0 aliphatic heterocycles. The summed E-state index contributed by atoms with van der Waals surface area (Å²) in [6, 6.07) is 0. The molecule has 2 nitrogen and oxygen atoms in total. The molecule has 1 rings (SSSR count). The van der Waals surface area contributed by atoms with E-state index in [1.165, 1.54) is 0 Å². The van der Waals surface area contributed by atoms with Crippen molar-refractivity contribution >= 4 is 0 Å². The van der Waals surface area contributed by atoms with Crippen molar-refractivity contribution < 1.29 is 8.78 Å². The molecule has 0 spiro atoms. The molecule has 12 heavy (non-hydrogen) atoms. The minimum absolute atomic E-state index is 0.137. The average molecular weight is 178 g/mol. The highest BCUT2D eigenvalue weighted by atomic mass is 19.3. The Morgan fingerprint density at radius 1 is 1.50 bits per heavy atom. The van der Waals surface area contributed by atoms with Gasteiger partial charge in [-0.3, -0.25) is 0 Å². The first-order valence-electron chi connectivity index (χ1n) is 4.25. The van der Waals surface area contributed by atoms with Crippen molar-refractivity contribution in [3.05, 3.63) is 0 Å². The van der Waals surface area contributed by atoms with Crippen LogP contribution in [-0.2, 0) is 0 Å². The van der Waals surface area contributed by atoms with Gasteiger partial charge in [-0.15, -0.1) is 0 Å². The molecule has 1 fully saturated rings. The number of nitrogens with two attached hydrogens (primary N) is 1. The third-order valence-corrected chi connectivity index (χ3v) is 2.45. The van der Waals surface area contributed by atoms with E-state index in [0.29, 0.717) is 13.1 Å². The maximum Gasteiger partial charge on any atom is 0.251 e. The number of rotatable bonds is 5. The Labute approximate surface area is 71.7 Å². The molecule has 1 aliphatic carbocycles. The van der Waals surface area contributed by atoms with Crippen molar-refractivity contribution in [2.75, 3.05) is 26.7 Å². The molecule has 1 saturated carbocycles. The summed E-state index contributed by atoms with van der Waals surface area (Å²) in [5.74, 6) is 0. The van der Waals surface area contributed by atoms with Crippen molar-refractivity contribution in [2.24, 2.45) is 11.1 Å². The smallest absolute Gasteiger partial charge is 0.251 e. The molecule has 2 N–H and O–H groups in total. The lowest BCUT2D eigenvalue weighted by Crippen LogP contribution is -2.34. The van der Waals surface area contributed by atoms with E-state index < -0.39 is 6.43 Å². The van der Waals surface area contributed by atoms with E-state index >= 15 is 0 Å². The van der Waals surface area contributed by atoms with Crippen LogP contribution in [0.1, 0.15) is 12.8 Å². The second kappa shape index (κ2) is 3.66. The van der Waals surface area contributed by atoms with E-state index in [4.69, 9.17) is 5.73 Å². The Morgan fingerprint density at radius 3 is 2.42 bits per heavy atom. The first kappa shape index (κ1) is 9.86. The van der Waals surface area contributed by atoms with Crippen LogP contribution in [0, 0.1) is 5.41 Å². The molecule has 4 heteroatoms. The summed E-state index contributed by atoms with van der Waals surface area (Å²) in [7, 11) is 1.72. The predicted octanol–water partition coefficient (Wildman–Crippen LogP) is 0.922. The molecule has 0 heterocycles. The molecule has 0 atom stereocenters. The van der Waals surface area contributed by atoms with Gasteiger partial charge in [0, 0.05) is 6.54 Å². The summed E-state index contributed by atoms with van der Waals surface area (Å²) in [6.45, 7) is 1.20. The molecule has 0 aromatic rings. The van der Waals surface area contributed by atoms with Crippen LogP contribution in [0.5, 0.6) is 0 Å². The van der Waals surface area contributed by atoms with E-state index in [1.807, 2.05) is 0 Å². The van der Waals surface area contributed by atoms with E-state index in [-0.39, 0.29) is 12.0 Å². The third-order valence-electron chi connectivity index (χ3n) is 2.45. The number of hydrogen-bond acceptors (Lipinski definition) is 2. The maximum atomic E-state index is 11.9. The van der Waals surface area contributed by atoms with Crippen molar-refractivity contribution in [2.45, 2.75) is 19.3 Å².